The average Bonchev–Trinajstić information content (AvgIpc) is 2.65. The number of nitrogens with zero attached hydrogens (tertiary/aromatic N) is 4. The average molecular weight is 213 g/mol. The molecule has 0 radical (unpaired) electrons. The summed E-state index contributed by atoms with van der Waals surface area (Å²) < 4.78 is 0. The van der Waals surface area contributed by atoms with Crippen LogP contribution in [0.25, 0.3) is 0 Å². The first-order chi connectivity index (χ1) is 6.77. The van der Waals surface area contributed by atoms with E-state index < -0.39 is 0 Å². The van der Waals surface area contributed by atoms with Crippen LogP contribution in [0.2, 0.25) is 0 Å². The Kier molecular flexibility index (Phi) is 2.78. The molecule has 1 N–H and O–H groups in total. The van der Waals surface area contributed by atoms with E-state index in [1.54, 1.807) is 18.8 Å². The smallest absolute Gasteiger partial charge is 0.242 e. The predicted octanol–water partition coefficient (Wildman–Crippen LogP) is -0.902. The van der Waals surface area contributed by atoms with Crippen LogP contribution in [0.1, 0.15) is 10.6 Å². The lowest BCUT2D eigenvalue weighted by Gasteiger charge is -2.20. The lowest BCUT2D eigenvalue weighted by Crippen LogP contribution is -2.43. The Bertz CT molecular complexity index is 333. The van der Waals surface area contributed by atoms with Crippen LogP contribution in [-0.2, 0) is 7.05 Å². The topological polar surface area (TPSA) is 72.7 Å². The van der Waals surface area contributed by atoms with Gasteiger partial charge in [-0.3, -0.25) is 4.79 Å². The van der Waals surface area contributed by atoms with Crippen LogP contribution in [0.5, 0.6) is 0 Å². The first kappa shape index (κ1) is 9.60. The van der Waals surface area contributed by atoms with E-state index in [4.69, 9.17) is 0 Å². The Labute approximate surface area is 85.4 Å². The van der Waals surface area contributed by atoms with E-state index in [0.717, 1.165) is 18.1 Å². The highest BCUT2D eigenvalue weighted by Crippen LogP contribution is 2.10. The number of thioether (sulfide) groups is 1. The maximum Gasteiger partial charge on any atom is 0.242 e. The van der Waals surface area contributed by atoms with Gasteiger partial charge >= 0.3 is 0 Å². The summed E-state index contributed by atoms with van der Waals surface area (Å²) in [5.41, 5.74) is 0. The molecular formula is C7H11N5OS. The van der Waals surface area contributed by atoms with E-state index in [2.05, 4.69) is 20.7 Å². The molecule has 0 spiro atoms. The van der Waals surface area contributed by atoms with Crippen LogP contribution >= 0.6 is 11.8 Å². The maximum absolute atomic E-state index is 11.8. The molecule has 1 fully saturated rings. The monoisotopic (exact) mass is 213 g/mol. The van der Waals surface area contributed by atoms with Gasteiger partial charge in [0.2, 0.25) is 11.6 Å². The standard InChI is InChI=1S/C7H11N5OS/c1-12-10-7(9-11-12)6(13)5-4-14-3-2-8-5/h5,8H,2-4H2,1H3. The highest BCUT2D eigenvalue weighted by Gasteiger charge is 2.25. The molecule has 1 saturated heterocycles. The summed E-state index contributed by atoms with van der Waals surface area (Å²) in [4.78, 5) is 13.1. The summed E-state index contributed by atoms with van der Waals surface area (Å²) in [6, 6.07) is -0.155. The summed E-state index contributed by atoms with van der Waals surface area (Å²) in [5.74, 6) is 1.98. The Hall–Kier alpha value is -0.950. The number of ketones is 1. The second kappa shape index (κ2) is 4.05. The minimum Gasteiger partial charge on any atom is -0.306 e. The van der Waals surface area contributed by atoms with Crippen molar-refractivity contribution in [3.8, 4) is 0 Å². The van der Waals surface area contributed by atoms with Gasteiger partial charge in [-0.05, 0) is 5.21 Å². The molecule has 1 aliphatic rings. The fourth-order valence-corrected chi connectivity index (χ4v) is 2.21. The van der Waals surface area contributed by atoms with Gasteiger partial charge in [0.15, 0.2) is 0 Å². The first-order valence-electron chi connectivity index (χ1n) is 4.37. The summed E-state index contributed by atoms with van der Waals surface area (Å²) in [6.45, 7) is 0.862. The SMILES string of the molecule is Cn1nnc(C(=O)C2CSCCN2)n1. The van der Waals surface area contributed by atoms with Crippen LogP contribution in [0.4, 0.5) is 0 Å². The molecule has 2 rings (SSSR count). The number of hydrogen-bond donors (Lipinski definition) is 1. The number of nitrogens with one attached hydrogen (secondary N) is 1. The van der Waals surface area contributed by atoms with Crippen LogP contribution in [0.15, 0.2) is 0 Å². The number of tetrazole rings is 1. The fraction of sp³-hybridized carbons (Fsp3) is 0.714. The normalized spacial score (nSPS) is 22.2. The fourth-order valence-electron chi connectivity index (χ4n) is 1.27. The molecule has 0 bridgehead atoms. The number of carbonyl (C=O) groups excluding carboxylic acids is 1. The van der Waals surface area contributed by atoms with E-state index in [1.807, 2.05) is 0 Å². The molecule has 0 saturated carbocycles. The lowest BCUT2D eigenvalue weighted by molar-refractivity contribution is 0.0942. The van der Waals surface area contributed by atoms with Gasteiger partial charge in [-0.1, -0.05) is 0 Å². The van der Waals surface area contributed by atoms with E-state index in [9.17, 15) is 4.79 Å². The molecule has 1 atom stereocenters. The molecule has 1 aromatic rings. The zero-order valence-electron chi connectivity index (χ0n) is 7.80. The number of hydrogen-bond acceptors (Lipinski definition) is 6. The molecule has 1 aromatic heterocycles. The number of carbonyl (C=O) groups is 1. The minimum atomic E-state index is -0.155. The number of aromatic nitrogens is 4. The molecule has 0 amide bonds. The summed E-state index contributed by atoms with van der Waals surface area (Å²) in [7, 11) is 1.65. The van der Waals surface area contributed by atoms with Crippen LogP contribution in [-0.4, -0.2) is 50.1 Å². The molecule has 7 heteroatoms. The van der Waals surface area contributed by atoms with Gasteiger partial charge in [-0.2, -0.15) is 16.6 Å². The second-order valence-electron chi connectivity index (χ2n) is 3.05. The van der Waals surface area contributed by atoms with Crippen LogP contribution in [0.3, 0.4) is 0 Å². The Morgan fingerprint density at radius 1 is 1.71 bits per heavy atom. The molecule has 76 valence electrons. The summed E-state index contributed by atoms with van der Waals surface area (Å²) >= 11 is 1.77. The second-order valence-corrected chi connectivity index (χ2v) is 4.20. The van der Waals surface area contributed by atoms with Gasteiger partial charge in [0.05, 0.1) is 13.1 Å². The predicted molar refractivity (Wildman–Crippen MR) is 52.2 cm³/mol. The van der Waals surface area contributed by atoms with Gasteiger partial charge in [0.25, 0.3) is 0 Å². The zero-order chi connectivity index (χ0) is 9.97. The number of Topliss-reactive ketones (excluding diaryl/α,β-unsaturated/α-hetero) is 1. The maximum atomic E-state index is 11.8. The number of rotatable bonds is 2. The van der Waals surface area contributed by atoms with Crippen molar-refractivity contribution < 1.29 is 4.79 Å². The Balaban J connectivity index is 2.07. The molecule has 14 heavy (non-hydrogen) atoms. The van der Waals surface area contributed by atoms with E-state index in [-0.39, 0.29) is 17.6 Å². The van der Waals surface area contributed by atoms with Gasteiger partial charge in [-0.25, -0.2) is 0 Å². The van der Waals surface area contributed by atoms with Crippen LogP contribution in [0, 0.1) is 0 Å². The largest absolute Gasteiger partial charge is 0.306 e. The molecule has 0 aliphatic carbocycles. The highest BCUT2D eigenvalue weighted by atomic mass is 32.2. The van der Waals surface area contributed by atoms with Crippen molar-refractivity contribution in [3.05, 3.63) is 5.82 Å². The molecule has 6 nitrogen and oxygen atoms in total. The third-order valence-corrected chi connectivity index (χ3v) is 3.03. The van der Waals surface area contributed by atoms with Gasteiger partial charge in [0.1, 0.15) is 0 Å². The Morgan fingerprint density at radius 3 is 3.14 bits per heavy atom. The van der Waals surface area contributed by atoms with Gasteiger partial charge in [-0.15, -0.1) is 10.2 Å². The Morgan fingerprint density at radius 2 is 2.57 bits per heavy atom. The molecule has 1 unspecified atom stereocenters. The first-order valence-corrected chi connectivity index (χ1v) is 5.52. The summed E-state index contributed by atoms with van der Waals surface area (Å²) in [5, 5.41) is 14.3. The third-order valence-electron chi connectivity index (χ3n) is 1.97. The van der Waals surface area contributed by atoms with Crippen molar-refractivity contribution in [2.45, 2.75) is 6.04 Å². The van der Waals surface area contributed by atoms with Crippen molar-refractivity contribution in [1.29, 1.82) is 0 Å². The third kappa shape index (κ3) is 1.93. The van der Waals surface area contributed by atoms with E-state index in [0.29, 0.717) is 0 Å². The number of aryl methyl sites for hydroxylation is 1. The van der Waals surface area contributed by atoms with Crippen molar-refractivity contribution in [3.63, 3.8) is 0 Å². The quantitative estimate of drug-likeness (QED) is 0.642. The van der Waals surface area contributed by atoms with E-state index in [1.165, 1.54) is 4.80 Å². The van der Waals surface area contributed by atoms with Crippen molar-refractivity contribution >= 4 is 17.5 Å². The molecule has 1 aliphatic heterocycles. The molecule has 2 heterocycles. The lowest BCUT2D eigenvalue weighted by atomic mass is 10.2. The highest BCUT2D eigenvalue weighted by molar-refractivity contribution is 7.99. The molecule has 0 aromatic carbocycles. The van der Waals surface area contributed by atoms with E-state index >= 15 is 0 Å². The van der Waals surface area contributed by atoms with Gasteiger partial charge in [0, 0.05) is 18.1 Å². The summed E-state index contributed by atoms with van der Waals surface area (Å²) in [6.07, 6.45) is 0. The van der Waals surface area contributed by atoms with Crippen molar-refractivity contribution in [1.82, 2.24) is 25.5 Å². The van der Waals surface area contributed by atoms with Crippen molar-refractivity contribution in [2.24, 2.45) is 7.05 Å². The van der Waals surface area contributed by atoms with Gasteiger partial charge < -0.3 is 5.32 Å². The van der Waals surface area contributed by atoms with Crippen LogP contribution < -0.4 is 5.32 Å². The molecular weight excluding hydrogens is 202 g/mol. The minimum absolute atomic E-state index is 0.0645. The van der Waals surface area contributed by atoms with Crippen molar-refractivity contribution in [2.75, 3.05) is 18.1 Å². The zero-order valence-corrected chi connectivity index (χ0v) is 8.62.